The predicted molar refractivity (Wildman–Crippen MR) is 185 cm³/mol. The minimum Gasteiger partial charge on any atom is -0.410 e. The molecule has 3 aromatic rings. The average molecular weight is 655 g/mol. The van der Waals surface area contributed by atoms with Crippen molar-refractivity contribution < 1.29 is 23.9 Å². The molecule has 1 aromatic heterocycles. The van der Waals surface area contributed by atoms with Gasteiger partial charge in [-0.1, -0.05) is 87.7 Å². The van der Waals surface area contributed by atoms with Crippen molar-refractivity contribution in [2.45, 2.75) is 70.9 Å². The van der Waals surface area contributed by atoms with Crippen LogP contribution in [0.1, 0.15) is 79.3 Å². The number of hydrogen-bond acceptors (Lipinski definition) is 9. The van der Waals surface area contributed by atoms with Crippen molar-refractivity contribution in [1.29, 1.82) is 0 Å². The van der Waals surface area contributed by atoms with Crippen LogP contribution in [0, 0.1) is 5.92 Å². The van der Waals surface area contributed by atoms with Crippen molar-refractivity contribution in [3.8, 4) is 0 Å². The van der Waals surface area contributed by atoms with E-state index in [0.29, 0.717) is 30.7 Å². The molecule has 2 amide bonds. The van der Waals surface area contributed by atoms with E-state index in [-0.39, 0.29) is 23.5 Å². The highest BCUT2D eigenvalue weighted by atomic mass is 16.7. The quantitative estimate of drug-likeness (QED) is 0.109. The normalized spacial score (nSPS) is 17.3. The molecule has 2 unspecified atom stereocenters. The van der Waals surface area contributed by atoms with Crippen LogP contribution in [-0.4, -0.2) is 71.4 Å². The fourth-order valence-corrected chi connectivity index (χ4v) is 5.73. The lowest BCUT2D eigenvalue weighted by molar-refractivity contribution is -0.122. The highest BCUT2D eigenvalue weighted by molar-refractivity contribution is 6.58. The molecule has 0 aliphatic carbocycles. The SMILES string of the molecule is CC(C)/C=C(/NC(=O)C(Cc1ccccc1)NC(=O)c1cnccn1)B1OC(C)(CCCCCCNOC(=O)c2ccccc2)CN1C. The summed E-state index contributed by atoms with van der Waals surface area (Å²) in [6, 6.07) is 17.6. The Morgan fingerprint density at radius 3 is 2.42 bits per heavy atom. The Balaban J connectivity index is 1.30. The van der Waals surface area contributed by atoms with Crippen molar-refractivity contribution in [3.63, 3.8) is 0 Å². The van der Waals surface area contributed by atoms with Crippen molar-refractivity contribution in [1.82, 2.24) is 30.9 Å². The summed E-state index contributed by atoms with van der Waals surface area (Å²) in [5.74, 6) is -1.05. The van der Waals surface area contributed by atoms with E-state index in [1.54, 1.807) is 24.3 Å². The van der Waals surface area contributed by atoms with Crippen LogP contribution in [0.2, 0.25) is 0 Å². The smallest absolute Gasteiger partial charge is 0.410 e. The Kier molecular flexibility index (Phi) is 13.8. The first-order chi connectivity index (χ1) is 23.1. The van der Waals surface area contributed by atoms with Crippen molar-refractivity contribution >= 4 is 24.8 Å². The zero-order valence-corrected chi connectivity index (χ0v) is 28.4. The molecule has 2 atom stereocenters. The minimum absolute atomic E-state index is 0.138. The molecule has 2 aromatic carbocycles. The molecule has 0 bridgehead atoms. The molecule has 4 rings (SSSR count). The van der Waals surface area contributed by atoms with Crippen molar-refractivity contribution in [2.24, 2.45) is 5.92 Å². The zero-order valence-electron chi connectivity index (χ0n) is 28.4. The molecule has 1 saturated heterocycles. The van der Waals surface area contributed by atoms with Gasteiger partial charge in [0.15, 0.2) is 0 Å². The number of hydrogen-bond donors (Lipinski definition) is 3. The number of benzene rings is 2. The van der Waals surface area contributed by atoms with Gasteiger partial charge in [-0.15, -0.1) is 0 Å². The van der Waals surface area contributed by atoms with E-state index in [2.05, 4.69) is 51.7 Å². The van der Waals surface area contributed by atoms with Gasteiger partial charge in [-0.2, -0.15) is 5.48 Å². The van der Waals surface area contributed by atoms with E-state index in [0.717, 1.165) is 37.7 Å². The van der Waals surface area contributed by atoms with Gasteiger partial charge in [0.2, 0.25) is 5.91 Å². The second kappa shape index (κ2) is 18.2. The number of likely N-dealkylation sites (N-methyl/N-ethyl adjacent to an activating group) is 1. The molecule has 0 saturated carbocycles. The molecule has 3 N–H and O–H groups in total. The topological polar surface area (TPSA) is 135 Å². The molecular formula is C36H47BN6O5. The molecule has 0 radical (unpaired) electrons. The highest BCUT2D eigenvalue weighted by Crippen LogP contribution is 2.30. The highest BCUT2D eigenvalue weighted by Gasteiger charge is 2.45. The molecule has 254 valence electrons. The lowest BCUT2D eigenvalue weighted by Crippen LogP contribution is -2.51. The Labute approximate surface area is 284 Å². The van der Waals surface area contributed by atoms with Crippen molar-refractivity contribution in [2.75, 3.05) is 20.1 Å². The summed E-state index contributed by atoms with van der Waals surface area (Å²) in [5, 5.41) is 5.97. The third-order valence-electron chi connectivity index (χ3n) is 8.04. The van der Waals surface area contributed by atoms with Gasteiger partial charge in [0, 0.05) is 37.5 Å². The number of unbranched alkanes of at least 4 members (excludes halogenated alkanes) is 3. The number of allylic oxidation sites excluding steroid dienone is 1. The molecule has 48 heavy (non-hydrogen) atoms. The van der Waals surface area contributed by atoms with Crippen LogP contribution in [0.25, 0.3) is 0 Å². The molecule has 1 aliphatic rings. The van der Waals surface area contributed by atoms with E-state index >= 15 is 0 Å². The van der Waals surface area contributed by atoms with E-state index in [4.69, 9.17) is 9.49 Å². The second-order valence-corrected chi connectivity index (χ2v) is 12.8. The average Bonchev–Trinajstić information content (AvgIpc) is 3.39. The Bertz CT molecular complexity index is 1490. The van der Waals surface area contributed by atoms with Gasteiger partial charge < -0.3 is 24.9 Å². The van der Waals surface area contributed by atoms with Gasteiger partial charge in [-0.3, -0.25) is 14.6 Å². The number of carbonyl (C=O) groups is 3. The molecular weight excluding hydrogens is 607 g/mol. The number of aromatic nitrogens is 2. The fourth-order valence-electron chi connectivity index (χ4n) is 5.73. The Morgan fingerprint density at radius 1 is 1.02 bits per heavy atom. The first kappa shape index (κ1) is 36.5. The summed E-state index contributed by atoms with van der Waals surface area (Å²) in [5.41, 5.74) is 4.60. The van der Waals surface area contributed by atoms with Crippen LogP contribution in [0.4, 0.5) is 0 Å². The van der Waals surface area contributed by atoms with Crippen LogP contribution in [-0.2, 0) is 20.7 Å². The van der Waals surface area contributed by atoms with Crippen LogP contribution < -0.4 is 16.1 Å². The summed E-state index contributed by atoms with van der Waals surface area (Å²) in [6.07, 6.45) is 11.3. The van der Waals surface area contributed by atoms with Crippen LogP contribution in [0.3, 0.4) is 0 Å². The first-order valence-electron chi connectivity index (χ1n) is 16.6. The number of amides is 2. The van der Waals surface area contributed by atoms with Crippen molar-refractivity contribution in [3.05, 3.63) is 108 Å². The fraction of sp³-hybridized carbons (Fsp3) is 0.417. The standard InChI is InChI=1S/C36H47BN6O5/c1-27(2)23-32(42-33(44)30(24-28-15-9-7-10-16-28)41-34(45)31-25-38-21-22-39-31)37-43(4)26-36(3,48-37)19-13-5-6-14-20-40-47-35(46)29-17-11-8-12-18-29/h7-12,15-18,21-23,25,27,30,40H,5-6,13-14,19-20,24,26H2,1-4H3,(H,41,45)(H,42,44)/b32-23+. The van der Waals surface area contributed by atoms with Gasteiger partial charge >= 0.3 is 13.0 Å². The maximum Gasteiger partial charge on any atom is 0.435 e. The van der Waals surface area contributed by atoms with Gasteiger partial charge in [-0.25, -0.2) is 9.78 Å². The van der Waals surface area contributed by atoms with Crippen LogP contribution in [0.15, 0.2) is 90.9 Å². The van der Waals surface area contributed by atoms with Crippen LogP contribution >= 0.6 is 0 Å². The maximum atomic E-state index is 13.9. The molecule has 1 fully saturated rings. The third-order valence-corrected chi connectivity index (χ3v) is 8.04. The summed E-state index contributed by atoms with van der Waals surface area (Å²) in [7, 11) is 1.55. The number of rotatable bonds is 17. The first-order valence-corrected chi connectivity index (χ1v) is 16.6. The van der Waals surface area contributed by atoms with Gasteiger partial charge in [0.05, 0.1) is 17.4 Å². The summed E-state index contributed by atoms with van der Waals surface area (Å²) >= 11 is 0. The maximum absolute atomic E-state index is 13.9. The summed E-state index contributed by atoms with van der Waals surface area (Å²) < 4.78 is 6.65. The minimum atomic E-state index is -0.855. The third kappa shape index (κ3) is 11.4. The summed E-state index contributed by atoms with van der Waals surface area (Å²) in [6.45, 7) is 7.51. The molecule has 1 aliphatic heterocycles. The second-order valence-electron chi connectivity index (χ2n) is 12.8. The van der Waals surface area contributed by atoms with E-state index in [1.807, 2.05) is 49.5 Å². The van der Waals surface area contributed by atoms with Gasteiger partial charge in [-0.05, 0) is 50.4 Å². The molecule has 11 nitrogen and oxygen atoms in total. The lowest BCUT2D eigenvalue weighted by Gasteiger charge is -2.25. The molecule has 2 heterocycles. The van der Waals surface area contributed by atoms with Crippen LogP contribution in [0.5, 0.6) is 0 Å². The zero-order chi connectivity index (χ0) is 34.4. The summed E-state index contributed by atoms with van der Waals surface area (Å²) in [4.78, 5) is 54.2. The van der Waals surface area contributed by atoms with E-state index < -0.39 is 24.6 Å². The monoisotopic (exact) mass is 654 g/mol. The lowest BCUT2D eigenvalue weighted by atomic mass is 9.75. The van der Waals surface area contributed by atoms with E-state index in [1.165, 1.54) is 18.6 Å². The molecule has 0 spiro atoms. The number of hydroxylamine groups is 1. The Hall–Kier alpha value is -4.39. The largest absolute Gasteiger partial charge is 0.435 e. The number of nitrogens with zero attached hydrogens (tertiary/aromatic N) is 3. The molecule has 12 heteroatoms. The Morgan fingerprint density at radius 2 is 1.73 bits per heavy atom. The number of carbonyl (C=O) groups excluding carboxylic acids is 3. The van der Waals surface area contributed by atoms with Gasteiger partial charge in [0.1, 0.15) is 11.7 Å². The van der Waals surface area contributed by atoms with Gasteiger partial charge in [0.25, 0.3) is 5.91 Å². The van der Waals surface area contributed by atoms with E-state index in [9.17, 15) is 14.4 Å². The predicted octanol–water partition coefficient (Wildman–Crippen LogP) is 4.53. The number of nitrogens with one attached hydrogen (secondary N) is 3.